The van der Waals surface area contributed by atoms with Crippen molar-refractivity contribution in [2.45, 2.75) is 27.7 Å². The predicted octanol–water partition coefficient (Wildman–Crippen LogP) is 4.51. The Morgan fingerprint density at radius 2 is 2.00 bits per heavy atom. The molecule has 7 nitrogen and oxygen atoms in total. The number of rotatable bonds is 7. The van der Waals surface area contributed by atoms with Crippen LogP contribution in [-0.4, -0.2) is 44.5 Å². The third-order valence-electron chi connectivity index (χ3n) is 4.15. The number of pyridine rings is 1. The molecular formula is C19H28IN6OP. The fourth-order valence-electron chi connectivity index (χ4n) is 3.03. The highest BCUT2D eigenvalue weighted by Crippen LogP contribution is 2.37. The molecular weight excluding hydrogens is 486 g/mol. The van der Waals surface area contributed by atoms with Gasteiger partial charge in [0.05, 0.1) is 40.2 Å². The summed E-state index contributed by atoms with van der Waals surface area (Å²) in [4.78, 5) is 4.85. The van der Waals surface area contributed by atoms with Crippen molar-refractivity contribution in [2.24, 2.45) is 7.05 Å². The van der Waals surface area contributed by atoms with Crippen molar-refractivity contribution in [3.8, 4) is 17.1 Å². The minimum absolute atomic E-state index is 0.506. The van der Waals surface area contributed by atoms with Crippen LogP contribution in [-0.2, 0) is 7.05 Å². The van der Waals surface area contributed by atoms with E-state index in [1.165, 1.54) is 0 Å². The maximum Gasteiger partial charge on any atom is 0.221 e. The van der Waals surface area contributed by atoms with Gasteiger partial charge in [0.15, 0.2) is 0 Å². The fourth-order valence-corrected chi connectivity index (χ4v) is 4.59. The lowest BCUT2D eigenvalue weighted by atomic mass is 10.1. The summed E-state index contributed by atoms with van der Waals surface area (Å²) < 4.78 is 9.73. The van der Waals surface area contributed by atoms with Crippen molar-refractivity contribution in [3.05, 3.63) is 29.7 Å². The zero-order valence-electron chi connectivity index (χ0n) is 17.3. The Kier molecular flexibility index (Phi) is 8.39. The van der Waals surface area contributed by atoms with E-state index in [4.69, 9.17) is 9.72 Å². The summed E-state index contributed by atoms with van der Waals surface area (Å²) in [6, 6.07) is 2.06. The first-order valence-electron chi connectivity index (χ1n) is 9.22. The number of aromatic nitrogens is 5. The molecule has 3 aromatic rings. The third-order valence-corrected chi connectivity index (χ3v) is 6.01. The summed E-state index contributed by atoms with van der Waals surface area (Å²) in [5, 5.41) is 13.3. The van der Waals surface area contributed by atoms with E-state index >= 15 is 0 Å². The van der Waals surface area contributed by atoms with Crippen LogP contribution < -0.4 is 10.1 Å². The lowest BCUT2D eigenvalue weighted by Crippen LogP contribution is -2.17. The van der Waals surface area contributed by atoms with Crippen molar-refractivity contribution in [1.29, 1.82) is 0 Å². The number of fused-ring (bicyclic) bond motifs is 1. The molecule has 1 unspecified atom stereocenters. The number of hydrogen-bond acceptors (Lipinski definition) is 5. The Bertz CT molecular complexity index is 965. The molecule has 1 N–H and O–H groups in total. The van der Waals surface area contributed by atoms with Gasteiger partial charge in [-0.15, -0.1) is 0 Å². The standard InChI is InChI=1S/C17H22IN6OP.C2H6/c1-6-13-12-9-14(20-11(3)16(12)24(22-13)26-18)15-10(2)21-23(5)17(15)25-8-7-19-4;1-2/h6,9,19,26H,1,7-8H2,2-5H3;1-2H3. The first kappa shape index (κ1) is 22.8. The van der Waals surface area contributed by atoms with Crippen LogP contribution in [0, 0.1) is 13.8 Å². The molecule has 0 aliphatic heterocycles. The molecule has 9 heteroatoms. The average Bonchev–Trinajstić information content (AvgIpc) is 3.20. The summed E-state index contributed by atoms with van der Waals surface area (Å²) in [5.41, 5.74) is 5.52. The SMILES string of the molecule is C=Cc1nn(PI)c2c(C)nc(-c3c(C)nn(C)c3OCCNC)cc12.CC. The van der Waals surface area contributed by atoms with Crippen molar-refractivity contribution >= 4 is 45.4 Å². The van der Waals surface area contributed by atoms with E-state index in [2.05, 4.69) is 50.2 Å². The molecule has 0 fully saturated rings. The molecule has 3 aromatic heterocycles. The number of hydrogen-bond donors (Lipinski definition) is 1. The zero-order chi connectivity index (χ0) is 20.8. The van der Waals surface area contributed by atoms with Crippen molar-refractivity contribution in [3.63, 3.8) is 0 Å². The van der Waals surface area contributed by atoms with Crippen LogP contribution in [0.2, 0.25) is 0 Å². The molecule has 28 heavy (non-hydrogen) atoms. The van der Waals surface area contributed by atoms with Gasteiger partial charge in [-0.05, 0) is 55.1 Å². The maximum atomic E-state index is 5.98. The first-order valence-corrected chi connectivity index (χ1v) is 13.3. The van der Waals surface area contributed by atoms with Gasteiger partial charge < -0.3 is 10.1 Å². The second-order valence-electron chi connectivity index (χ2n) is 5.92. The van der Waals surface area contributed by atoms with Crippen LogP contribution in [0.25, 0.3) is 28.2 Å². The molecule has 0 spiro atoms. The average molecular weight is 514 g/mol. The second kappa shape index (κ2) is 10.3. The fraction of sp³-hybridized carbons (Fsp3) is 0.421. The number of aryl methyl sites for hydroxylation is 3. The molecule has 0 radical (unpaired) electrons. The van der Waals surface area contributed by atoms with E-state index in [1.807, 2.05) is 46.2 Å². The Hall–Kier alpha value is -1.51. The number of halogens is 1. The Labute approximate surface area is 181 Å². The highest BCUT2D eigenvalue weighted by Gasteiger charge is 2.21. The van der Waals surface area contributed by atoms with Gasteiger partial charge in [0.1, 0.15) is 6.61 Å². The lowest BCUT2D eigenvalue weighted by molar-refractivity contribution is 0.292. The number of likely N-dealkylation sites (N-methyl/N-ethyl adjacent to an activating group) is 1. The van der Waals surface area contributed by atoms with Crippen LogP contribution in [0.4, 0.5) is 0 Å². The second-order valence-corrected chi connectivity index (χ2v) is 7.96. The van der Waals surface area contributed by atoms with E-state index in [0.717, 1.165) is 51.7 Å². The van der Waals surface area contributed by atoms with Crippen LogP contribution >= 0.6 is 28.4 Å². The molecule has 152 valence electrons. The van der Waals surface area contributed by atoms with Gasteiger partial charge >= 0.3 is 0 Å². The van der Waals surface area contributed by atoms with Gasteiger partial charge in [-0.3, -0.25) is 4.98 Å². The lowest BCUT2D eigenvalue weighted by Gasteiger charge is -2.10. The molecule has 0 saturated heterocycles. The van der Waals surface area contributed by atoms with Gasteiger partial charge in [-0.25, -0.2) is 9.13 Å². The van der Waals surface area contributed by atoms with Crippen LogP contribution in [0.15, 0.2) is 12.6 Å². The van der Waals surface area contributed by atoms with Crippen LogP contribution in [0.1, 0.15) is 30.9 Å². The van der Waals surface area contributed by atoms with Gasteiger partial charge in [-0.2, -0.15) is 10.2 Å². The highest BCUT2D eigenvalue weighted by atomic mass is 127. The van der Waals surface area contributed by atoms with Gasteiger partial charge in [0, 0.05) is 19.0 Å². The van der Waals surface area contributed by atoms with E-state index in [0.29, 0.717) is 13.0 Å². The maximum absolute atomic E-state index is 5.98. The smallest absolute Gasteiger partial charge is 0.221 e. The normalized spacial score (nSPS) is 11.1. The third kappa shape index (κ3) is 4.39. The number of nitrogens with one attached hydrogen (secondary N) is 1. The molecule has 0 amide bonds. The molecule has 3 rings (SSSR count). The summed E-state index contributed by atoms with van der Waals surface area (Å²) in [6.45, 7) is 13.2. The Morgan fingerprint density at radius 3 is 2.61 bits per heavy atom. The van der Waals surface area contributed by atoms with E-state index in [1.54, 1.807) is 10.8 Å². The molecule has 3 heterocycles. The minimum Gasteiger partial charge on any atom is -0.476 e. The minimum atomic E-state index is 0.506. The quantitative estimate of drug-likeness (QED) is 0.286. The van der Waals surface area contributed by atoms with Crippen molar-refractivity contribution in [2.75, 3.05) is 20.2 Å². The first-order chi connectivity index (χ1) is 13.5. The molecule has 1 atom stereocenters. The number of ether oxygens (including phenoxy) is 1. The van der Waals surface area contributed by atoms with Gasteiger partial charge in [0.25, 0.3) is 0 Å². The largest absolute Gasteiger partial charge is 0.476 e. The Balaban J connectivity index is 0.00000136. The van der Waals surface area contributed by atoms with Crippen molar-refractivity contribution < 1.29 is 4.74 Å². The molecule has 0 bridgehead atoms. The zero-order valence-corrected chi connectivity index (χ0v) is 20.5. The molecule has 0 aliphatic rings. The van der Waals surface area contributed by atoms with Crippen LogP contribution in [0.5, 0.6) is 5.88 Å². The molecule has 0 saturated carbocycles. The topological polar surface area (TPSA) is 69.8 Å². The summed E-state index contributed by atoms with van der Waals surface area (Å²) in [6.07, 6.45) is 2.30. The predicted molar refractivity (Wildman–Crippen MR) is 128 cm³/mol. The van der Waals surface area contributed by atoms with Gasteiger partial charge in [0.2, 0.25) is 5.88 Å². The van der Waals surface area contributed by atoms with Crippen molar-refractivity contribution in [1.82, 2.24) is 29.6 Å². The Morgan fingerprint density at radius 1 is 1.29 bits per heavy atom. The highest BCUT2D eigenvalue weighted by molar-refractivity contribution is 14.2. The summed E-state index contributed by atoms with van der Waals surface area (Å²) in [7, 11) is 3.79. The monoisotopic (exact) mass is 514 g/mol. The molecule has 0 aliphatic carbocycles. The number of nitrogens with zero attached hydrogens (tertiary/aromatic N) is 5. The van der Waals surface area contributed by atoms with Gasteiger partial charge in [-0.1, -0.05) is 20.4 Å². The summed E-state index contributed by atoms with van der Waals surface area (Å²) >= 11 is 2.33. The van der Waals surface area contributed by atoms with E-state index in [9.17, 15) is 0 Å². The summed E-state index contributed by atoms with van der Waals surface area (Å²) in [5.74, 6) is 0.729. The van der Waals surface area contributed by atoms with E-state index in [-0.39, 0.29) is 0 Å². The molecule has 0 aromatic carbocycles. The van der Waals surface area contributed by atoms with Crippen LogP contribution in [0.3, 0.4) is 0 Å². The van der Waals surface area contributed by atoms with E-state index < -0.39 is 0 Å².